The lowest BCUT2D eigenvalue weighted by molar-refractivity contribution is 0.956. The van der Waals surface area contributed by atoms with E-state index in [1.54, 1.807) is 0 Å². The Morgan fingerprint density at radius 1 is 1.75 bits per heavy atom. The van der Waals surface area contributed by atoms with Crippen LogP contribution >= 0.6 is 22.2 Å². The van der Waals surface area contributed by atoms with Gasteiger partial charge in [0.2, 0.25) is 0 Å². The van der Waals surface area contributed by atoms with Gasteiger partial charge in [0.05, 0.1) is 11.6 Å². The van der Waals surface area contributed by atoms with Crippen LogP contribution in [0.1, 0.15) is 13.3 Å². The van der Waals surface area contributed by atoms with Gasteiger partial charge in [-0.05, 0) is 6.42 Å². The summed E-state index contributed by atoms with van der Waals surface area (Å²) in [7, 11) is -1.70. The van der Waals surface area contributed by atoms with Gasteiger partial charge >= 0.3 is 0 Å². The van der Waals surface area contributed by atoms with E-state index in [0.29, 0.717) is 0 Å². The average Bonchev–Trinajstić information content (AvgIpc) is 1.69. The third kappa shape index (κ3) is 2.56. The van der Waals surface area contributed by atoms with Gasteiger partial charge in [-0.15, -0.1) is 22.2 Å². The minimum Gasteiger partial charge on any atom is -0.198 e. The van der Waals surface area contributed by atoms with E-state index in [2.05, 4.69) is 0 Å². The lowest BCUT2D eigenvalue weighted by Crippen LogP contribution is -2.02. The second-order valence-electron chi connectivity index (χ2n) is 1.48. The molecule has 0 amide bonds. The van der Waals surface area contributed by atoms with Crippen molar-refractivity contribution < 1.29 is 0 Å². The third-order valence-corrected chi connectivity index (χ3v) is 3.96. The van der Waals surface area contributed by atoms with E-state index in [-0.39, 0.29) is 5.54 Å². The van der Waals surface area contributed by atoms with Crippen LogP contribution in [0.5, 0.6) is 0 Å². The first-order chi connectivity index (χ1) is 3.72. The smallest absolute Gasteiger partial charge is 0.198 e. The van der Waals surface area contributed by atoms with E-state index >= 15 is 0 Å². The zero-order valence-corrected chi connectivity index (χ0v) is 7.23. The molecule has 1 atom stereocenters. The molecule has 0 saturated carbocycles. The summed E-state index contributed by atoms with van der Waals surface area (Å²) < 4.78 is 0. The molecule has 0 bridgehead atoms. The molecule has 0 fully saturated rings. The fraction of sp³-hybridized carbons (Fsp3) is 0.750. The van der Waals surface area contributed by atoms with E-state index in [1.165, 1.54) is 0 Å². The Balaban J connectivity index is 3.57. The maximum Gasteiger partial charge on any atom is 0.253 e. The molecule has 8 heavy (non-hydrogen) atoms. The fourth-order valence-corrected chi connectivity index (χ4v) is 2.20. The molecule has 1 unspecified atom stereocenters. The summed E-state index contributed by atoms with van der Waals surface area (Å²) in [6.07, 6.45) is 0.778. The van der Waals surface area contributed by atoms with Gasteiger partial charge in [0.25, 0.3) is 7.42 Å². The quantitative estimate of drug-likeness (QED) is 0.457. The highest BCUT2D eigenvalue weighted by Gasteiger charge is 2.15. The molecule has 4 heteroatoms. The molecule has 0 aliphatic carbocycles. The number of hydrogen-bond acceptors (Lipinski definition) is 1. The first-order valence-corrected chi connectivity index (χ1v) is 6.56. The second-order valence-corrected chi connectivity index (χ2v) is 6.44. The van der Waals surface area contributed by atoms with E-state index in [0.717, 1.165) is 6.42 Å². The molecule has 0 saturated heterocycles. The molecule has 0 aromatic carbocycles. The van der Waals surface area contributed by atoms with Crippen LogP contribution in [-0.4, -0.2) is 7.42 Å². The van der Waals surface area contributed by atoms with Gasteiger partial charge in [-0.25, -0.2) is 0 Å². The molecule has 46 valence electrons. The largest absolute Gasteiger partial charge is 0.253 e. The summed E-state index contributed by atoms with van der Waals surface area (Å²) >= 11 is 11.1. The summed E-state index contributed by atoms with van der Waals surface area (Å²) in [5, 5.41) is 8.31. The molecule has 0 aromatic heterocycles. The van der Waals surface area contributed by atoms with E-state index < -0.39 is 7.42 Å². The first-order valence-electron chi connectivity index (χ1n) is 2.40. The van der Waals surface area contributed by atoms with Crippen LogP contribution in [0.3, 0.4) is 0 Å². The highest BCUT2D eigenvalue weighted by molar-refractivity contribution is 7.34. The zero-order valence-electron chi connectivity index (χ0n) is 4.56. The van der Waals surface area contributed by atoms with Crippen LogP contribution in [0.2, 0.25) is 5.54 Å². The Morgan fingerprint density at radius 2 is 2.25 bits per heavy atom. The van der Waals surface area contributed by atoms with Crippen molar-refractivity contribution in [2.24, 2.45) is 0 Å². The lowest BCUT2D eigenvalue weighted by Gasteiger charge is -2.00. The maximum atomic E-state index is 8.31. The number of nitrogens with zero attached hydrogens (tertiary/aromatic N) is 1. The highest BCUT2D eigenvalue weighted by Crippen LogP contribution is 2.18. The van der Waals surface area contributed by atoms with Crippen molar-refractivity contribution in [2.45, 2.75) is 18.9 Å². The molecular weight excluding hydrogens is 161 g/mol. The SMILES string of the molecule is CCC(C#N)[SiH](Cl)Cl. The highest BCUT2D eigenvalue weighted by atomic mass is 35.7. The molecule has 1 nitrogen and oxygen atoms in total. The molecule has 0 heterocycles. The third-order valence-electron chi connectivity index (χ3n) is 0.910. The van der Waals surface area contributed by atoms with Crippen molar-refractivity contribution in [1.29, 1.82) is 5.26 Å². The monoisotopic (exact) mass is 167 g/mol. The molecule has 0 aromatic rings. The van der Waals surface area contributed by atoms with E-state index in [4.69, 9.17) is 27.4 Å². The predicted molar refractivity (Wildman–Crippen MR) is 38.5 cm³/mol. The summed E-state index contributed by atoms with van der Waals surface area (Å²) in [4.78, 5) is 0. The normalized spacial score (nSPS) is 13.4. The molecular formula is C4H7Cl2NSi. The van der Waals surface area contributed by atoms with Gasteiger partial charge < -0.3 is 0 Å². The molecule has 0 aliphatic rings. The summed E-state index contributed by atoms with van der Waals surface area (Å²) in [5.41, 5.74) is -0.0710. The van der Waals surface area contributed by atoms with Crippen molar-refractivity contribution >= 4 is 29.6 Å². The predicted octanol–water partition coefficient (Wildman–Crippen LogP) is 1.99. The van der Waals surface area contributed by atoms with Gasteiger partial charge in [0.1, 0.15) is 0 Å². The van der Waals surface area contributed by atoms with Crippen LogP contribution < -0.4 is 0 Å². The maximum absolute atomic E-state index is 8.31. The summed E-state index contributed by atoms with van der Waals surface area (Å²) in [6.45, 7) is 1.92. The molecule has 0 aliphatic heterocycles. The fourth-order valence-electron chi connectivity index (χ4n) is 0.326. The van der Waals surface area contributed by atoms with Gasteiger partial charge in [-0.1, -0.05) is 6.92 Å². The molecule has 0 rings (SSSR count). The minimum atomic E-state index is -1.70. The van der Waals surface area contributed by atoms with Crippen LogP contribution in [0, 0.1) is 11.3 Å². The Hall–Kier alpha value is 0.287. The second kappa shape index (κ2) is 4.19. The number of rotatable bonds is 2. The first kappa shape index (κ1) is 8.29. The Morgan fingerprint density at radius 3 is 2.25 bits per heavy atom. The van der Waals surface area contributed by atoms with Gasteiger partial charge in [-0.2, -0.15) is 5.26 Å². The molecule has 0 N–H and O–H groups in total. The summed E-state index contributed by atoms with van der Waals surface area (Å²) in [5.74, 6) is 0. The standard InChI is InChI=1S/C4H7Cl2NSi/c1-2-4(3-7)8(5)6/h4,8H,2H2,1H3. The Kier molecular flexibility index (Phi) is 4.34. The van der Waals surface area contributed by atoms with Crippen LogP contribution in [0.15, 0.2) is 0 Å². The Bertz CT molecular complexity index is 98.7. The van der Waals surface area contributed by atoms with Gasteiger partial charge in [0, 0.05) is 0 Å². The van der Waals surface area contributed by atoms with E-state index in [1.807, 2.05) is 13.0 Å². The summed E-state index contributed by atoms with van der Waals surface area (Å²) in [6, 6.07) is 2.05. The van der Waals surface area contributed by atoms with Crippen molar-refractivity contribution in [3.63, 3.8) is 0 Å². The molecule has 0 spiro atoms. The zero-order chi connectivity index (χ0) is 6.57. The van der Waals surface area contributed by atoms with Crippen molar-refractivity contribution in [3.8, 4) is 6.07 Å². The van der Waals surface area contributed by atoms with E-state index in [9.17, 15) is 0 Å². The topological polar surface area (TPSA) is 23.8 Å². The van der Waals surface area contributed by atoms with Crippen molar-refractivity contribution in [3.05, 3.63) is 0 Å². The van der Waals surface area contributed by atoms with Crippen LogP contribution in [0.25, 0.3) is 0 Å². The van der Waals surface area contributed by atoms with Crippen LogP contribution in [-0.2, 0) is 0 Å². The lowest BCUT2D eigenvalue weighted by atomic mass is 10.4. The number of halogens is 2. The van der Waals surface area contributed by atoms with Crippen molar-refractivity contribution in [2.75, 3.05) is 0 Å². The van der Waals surface area contributed by atoms with Gasteiger partial charge in [-0.3, -0.25) is 0 Å². The Labute approximate surface area is 60.2 Å². The van der Waals surface area contributed by atoms with Gasteiger partial charge in [0.15, 0.2) is 0 Å². The minimum absolute atomic E-state index is 0.0710. The number of hydrogen-bond donors (Lipinski definition) is 0. The van der Waals surface area contributed by atoms with Crippen molar-refractivity contribution in [1.82, 2.24) is 0 Å². The average molecular weight is 168 g/mol. The number of nitriles is 1. The molecule has 0 radical (unpaired) electrons. The van der Waals surface area contributed by atoms with Crippen LogP contribution in [0.4, 0.5) is 0 Å².